The molecule has 0 N–H and O–H groups in total. The second-order valence-corrected chi connectivity index (χ2v) is 9.80. The summed E-state index contributed by atoms with van der Waals surface area (Å²) in [5.74, 6) is -0.243. The summed E-state index contributed by atoms with van der Waals surface area (Å²) >= 11 is 0. The number of hydrogen-bond donors (Lipinski definition) is 0. The molecule has 0 aliphatic heterocycles. The molecule has 3 aromatic carbocycles. The van der Waals surface area contributed by atoms with Crippen LogP contribution in [0.15, 0.2) is 84.9 Å². The van der Waals surface area contributed by atoms with Crippen molar-refractivity contribution >= 4 is 39.0 Å². The van der Waals surface area contributed by atoms with E-state index in [-0.39, 0.29) is 28.3 Å². The molecule has 2 nitrogen and oxygen atoms in total. The molecule has 1 atom stereocenters. The van der Waals surface area contributed by atoms with Crippen LogP contribution in [0.25, 0.3) is 0 Å². The van der Waals surface area contributed by atoms with Gasteiger partial charge in [0.15, 0.2) is 0 Å². The minimum Gasteiger partial charge on any atom is -1.00 e. The molecule has 0 radical (unpaired) electrons. The second-order valence-electron chi connectivity index (χ2n) is 6.03. The van der Waals surface area contributed by atoms with Gasteiger partial charge in [-0.25, -0.2) is 4.79 Å². The molecule has 0 spiro atoms. The Morgan fingerprint density at radius 1 is 0.786 bits per heavy atom. The summed E-state index contributed by atoms with van der Waals surface area (Å²) in [7, 11) is -1.95. The van der Waals surface area contributed by atoms with E-state index in [1.54, 1.807) is 0 Å². The van der Waals surface area contributed by atoms with Crippen molar-refractivity contribution in [2.75, 3.05) is 12.8 Å². The minimum absolute atomic E-state index is 0. The zero-order valence-corrected chi connectivity index (χ0v) is 19.4. The highest BCUT2D eigenvalue weighted by atomic mass is 35.5. The highest BCUT2D eigenvalue weighted by Gasteiger charge is 2.46. The molecule has 5 heteroatoms. The maximum Gasteiger partial charge on any atom is 0.342 e. The van der Waals surface area contributed by atoms with Crippen molar-refractivity contribution in [1.29, 1.82) is 0 Å². The first kappa shape index (κ1) is 24.3. The first-order chi connectivity index (χ1) is 12.7. The first-order valence-corrected chi connectivity index (χ1v) is 11.0. The molecule has 3 aromatic rings. The predicted molar refractivity (Wildman–Crippen MR) is 123 cm³/mol. The fourth-order valence-electron chi connectivity index (χ4n) is 3.52. The molecule has 0 saturated carbocycles. The van der Waals surface area contributed by atoms with E-state index in [4.69, 9.17) is 4.74 Å². The number of benzene rings is 3. The lowest BCUT2D eigenvalue weighted by atomic mass is 10.2. The normalized spacial score (nSPS) is 10.4. The first-order valence-electron chi connectivity index (χ1n) is 9.00. The van der Waals surface area contributed by atoms with Gasteiger partial charge in [-0.15, -0.1) is 0 Å². The van der Waals surface area contributed by atoms with Gasteiger partial charge in [-0.2, -0.15) is 9.90 Å². The van der Waals surface area contributed by atoms with Gasteiger partial charge in [0.25, 0.3) is 0 Å². The van der Waals surface area contributed by atoms with Crippen molar-refractivity contribution in [1.82, 2.24) is 0 Å². The molecular formula is C23H27ClO2P2. The van der Waals surface area contributed by atoms with Crippen LogP contribution in [0.1, 0.15) is 24.2 Å². The van der Waals surface area contributed by atoms with Crippen LogP contribution in [-0.2, 0) is 4.74 Å². The molecule has 0 heterocycles. The predicted octanol–water partition coefficient (Wildman–Crippen LogP) is 1.24. The highest BCUT2D eigenvalue weighted by Crippen LogP contribution is 2.55. The van der Waals surface area contributed by atoms with Gasteiger partial charge in [-0.1, -0.05) is 48.5 Å². The Kier molecular flexibility index (Phi) is 9.83. The third-order valence-electron chi connectivity index (χ3n) is 4.68. The highest BCUT2D eigenvalue weighted by molar-refractivity contribution is 7.95. The van der Waals surface area contributed by atoms with E-state index in [2.05, 4.69) is 61.5 Å². The Hall–Kier alpha value is -1.72. The Morgan fingerprint density at radius 2 is 1.25 bits per heavy atom. The third-order valence-corrected chi connectivity index (χ3v) is 9.20. The summed E-state index contributed by atoms with van der Waals surface area (Å²) in [6, 6.07) is 29.1. The van der Waals surface area contributed by atoms with Crippen LogP contribution >= 0.6 is 17.2 Å². The molecule has 0 saturated heterocycles. The molecule has 0 bridgehead atoms. The van der Waals surface area contributed by atoms with Crippen LogP contribution in [0.4, 0.5) is 0 Å². The second kappa shape index (κ2) is 11.3. The quantitative estimate of drug-likeness (QED) is 0.433. The number of ether oxygens (including phenoxy) is 1. The lowest BCUT2D eigenvalue weighted by Gasteiger charge is -2.27. The summed E-state index contributed by atoms with van der Waals surface area (Å²) in [5.41, 5.74) is 0.678. The van der Waals surface area contributed by atoms with Gasteiger partial charge in [0, 0.05) is 0 Å². The summed E-state index contributed by atoms with van der Waals surface area (Å²) in [6.07, 6.45) is 0.942. The lowest BCUT2D eigenvalue weighted by molar-refractivity contribution is -0.0000233. The van der Waals surface area contributed by atoms with Crippen molar-refractivity contribution in [3.63, 3.8) is 0 Å². The van der Waals surface area contributed by atoms with E-state index in [0.717, 1.165) is 11.5 Å². The maximum absolute atomic E-state index is 12.7. The van der Waals surface area contributed by atoms with Crippen LogP contribution < -0.4 is 28.3 Å². The topological polar surface area (TPSA) is 26.3 Å². The average Bonchev–Trinajstić information content (AvgIpc) is 2.71. The minimum atomic E-state index is -1.95. The van der Waals surface area contributed by atoms with E-state index in [9.17, 15) is 4.79 Å². The number of halogens is 1. The molecule has 148 valence electrons. The fraction of sp³-hybridized carbons (Fsp3) is 0.174. The third kappa shape index (κ3) is 4.64. The summed E-state index contributed by atoms with van der Waals surface area (Å²) < 4.78 is 5.36. The number of carbonyl (C=O) groups is 1. The Bertz CT molecular complexity index is 831. The number of esters is 1. The van der Waals surface area contributed by atoms with E-state index >= 15 is 0 Å². The Morgan fingerprint density at radius 3 is 1.71 bits per heavy atom. The maximum atomic E-state index is 12.7. The molecule has 0 fully saturated rings. The van der Waals surface area contributed by atoms with Crippen LogP contribution in [0, 0.1) is 0 Å². The molecule has 0 aliphatic carbocycles. The van der Waals surface area contributed by atoms with Gasteiger partial charge < -0.3 is 17.1 Å². The largest absolute Gasteiger partial charge is 1.00 e. The molecule has 28 heavy (non-hydrogen) atoms. The zero-order chi connectivity index (χ0) is 18.4. The van der Waals surface area contributed by atoms with Crippen molar-refractivity contribution in [3.05, 3.63) is 90.5 Å². The summed E-state index contributed by atoms with van der Waals surface area (Å²) in [5, 5.41) is 3.66. The summed E-state index contributed by atoms with van der Waals surface area (Å²) in [6.45, 7) is 4.44. The monoisotopic (exact) mass is 432 g/mol. The lowest BCUT2D eigenvalue weighted by Crippen LogP contribution is -3.00. The average molecular weight is 433 g/mol. The van der Waals surface area contributed by atoms with Crippen molar-refractivity contribution in [2.45, 2.75) is 13.8 Å². The van der Waals surface area contributed by atoms with Gasteiger partial charge in [0.2, 0.25) is 0 Å². The van der Waals surface area contributed by atoms with Gasteiger partial charge in [-0.3, -0.25) is 0 Å². The van der Waals surface area contributed by atoms with Crippen LogP contribution in [0.2, 0.25) is 0 Å². The van der Waals surface area contributed by atoms with Gasteiger partial charge in [0.1, 0.15) is 28.7 Å². The molecule has 0 aliphatic rings. The number of hydrogen-bond acceptors (Lipinski definition) is 2. The van der Waals surface area contributed by atoms with Crippen LogP contribution in [-0.4, -0.2) is 18.7 Å². The standard InChI is InChI=1S/C23H24O2P.ClH.H3P/c1-3-25-23(24)21-17-11-12-18-22(21)26(4-2,19-13-7-5-8-14-19)20-15-9-6-10-16-20;;/h5-18H,3-4H2,1-2H3;1H;1H3/q+1;;/p-1. The molecule has 3 rings (SSSR count). The smallest absolute Gasteiger partial charge is 0.342 e. The van der Waals surface area contributed by atoms with E-state index < -0.39 is 7.26 Å². The summed E-state index contributed by atoms with van der Waals surface area (Å²) in [4.78, 5) is 12.7. The molecular weight excluding hydrogens is 406 g/mol. The van der Waals surface area contributed by atoms with E-state index in [1.165, 1.54) is 10.6 Å². The molecule has 1 unspecified atom stereocenters. The van der Waals surface area contributed by atoms with Crippen molar-refractivity contribution < 1.29 is 21.9 Å². The fourth-order valence-corrected chi connectivity index (χ4v) is 7.72. The van der Waals surface area contributed by atoms with E-state index in [0.29, 0.717) is 12.2 Å². The Labute approximate surface area is 178 Å². The molecule has 0 amide bonds. The number of rotatable bonds is 6. The van der Waals surface area contributed by atoms with Gasteiger partial charge in [0.05, 0.1) is 12.8 Å². The van der Waals surface area contributed by atoms with Crippen LogP contribution in [0.5, 0.6) is 0 Å². The molecule has 0 aromatic heterocycles. The zero-order valence-electron chi connectivity index (χ0n) is 16.3. The van der Waals surface area contributed by atoms with Crippen molar-refractivity contribution in [2.24, 2.45) is 0 Å². The Balaban J connectivity index is 0.00000196. The SMILES string of the molecule is CCOC(=O)c1ccccc1[P+](CC)(c1ccccc1)c1ccccc1.P.[Cl-]. The number of carbonyl (C=O) groups excluding carboxylic acids is 1. The van der Waals surface area contributed by atoms with Gasteiger partial charge >= 0.3 is 5.97 Å². The van der Waals surface area contributed by atoms with Crippen LogP contribution in [0.3, 0.4) is 0 Å². The van der Waals surface area contributed by atoms with E-state index in [1.807, 2.05) is 37.3 Å². The van der Waals surface area contributed by atoms with Crippen molar-refractivity contribution in [3.8, 4) is 0 Å². The van der Waals surface area contributed by atoms with Gasteiger partial charge in [-0.05, 0) is 50.2 Å².